The minimum atomic E-state index is -0.435. The fourth-order valence-electron chi connectivity index (χ4n) is 2.44. The summed E-state index contributed by atoms with van der Waals surface area (Å²) in [6, 6.07) is 0. The lowest BCUT2D eigenvalue weighted by molar-refractivity contribution is 0.573. The quantitative estimate of drug-likeness (QED) is 0.724. The maximum absolute atomic E-state index is 14.3. The molecule has 0 nitrogen and oxygen atoms in total. The number of hydrogen-bond acceptors (Lipinski definition) is 1. The van der Waals surface area contributed by atoms with E-state index in [-0.39, 0.29) is 5.82 Å². The van der Waals surface area contributed by atoms with Crippen LogP contribution in [0.15, 0.2) is 0 Å². The first-order valence-corrected chi connectivity index (χ1v) is 6.17. The third-order valence-corrected chi connectivity index (χ3v) is 3.58. The van der Waals surface area contributed by atoms with Crippen LogP contribution in [0.25, 0.3) is 0 Å². The van der Waals surface area contributed by atoms with Crippen LogP contribution in [-0.4, -0.2) is 0 Å². The Balaban J connectivity index is 3.67. The predicted octanol–water partition coefficient (Wildman–Crippen LogP) is 4.48. The molecular formula is C14H21FS. The Morgan fingerprint density at radius 1 is 1.06 bits per heavy atom. The van der Waals surface area contributed by atoms with Crippen molar-refractivity contribution < 1.29 is 4.39 Å². The van der Waals surface area contributed by atoms with Gasteiger partial charge in [-0.1, -0.05) is 6.92 Å². The summed E-state index contributed by atoms with van der Waals surface area (Å²) in [7, 11) is 0. The van der Waals surface area contributed by atoms with Gasteiger partial charge in [0.1, 0.15) is 5.82 Å². The zero-order valence-electron chi connectivity index (χ0n) is 11.0. The van der Waals surface area contributed by atoms with Gasteiger partial charge >= 0.3 is 0 Å². The zero-order chi connectivity index (χ0) is 12.7. The van der Waals surface area contributed by atoms with Crippen LogP contribution in [-0.2, 0) is 11.2 Å². The summed E-state index contributed by atoms with van der Waals surface area (Å²) < 4.78 is 13.9. The van der Waals surface area contributed by atoms with E-state index in [1.807, 2.05) is 27.7 Å². The molecule has 1 aromatic carbocycles. The SMILES string of the molecule is CCc1c(C)c(C)c(C(C)(C)S)c(F)c1C. The molecule has 0 saturated heterocycles. The molecule has 0 N–H and O–H groups in total. The predicted molar refractivity (Wildman–Crippen MR) is 72.0 cm³/mol. The summed E-state index contributed by atoms with van der Waals surface area (Å²) in [5.74, 6) is -0.0834. The highest BCUT2D eigenvalue weighted by atomic mass is 32.1. The topological polar surface area (TPSA) is 0 Å². The maximum Gasteiger partial charge on any atom is 0.131 e. The van der Waals surface area contributed by atoms with E-state index in [1.54, 1.807) is 0 Å². The summed E-state index contributed by atoms with van der Waals surface area (Å²) >= 11 is 4.50. The molecule has 0 atom stereocenters. The van der Waals surface area contributed by atoms with Gasteiger partial charge in [0.25, 0.3) is 0 Å². The van der Waals surface area contributed by atoms with Crippen LogP contribution in [0.5, 0.6) is 0 Å². The van der Waals surface area contributed by atoms with Gasteiger partial charge in [0.05, 0.1) is 0 Å². The second-order valence-corrected chi connectivity index (χ2v) is 6.07. The molecule has 90 valence electrons. The van der Waals surface area contributed by atoms with Crippen molar-refractivity contribution >= 4 is 12.6 Å². The number of benzene rings is 1. The first-order chi connectivity index (χ1) is 7.21. The molecule has 0 saturated carbocycles. The van der Waals surface area contributed by atoms with Gasteiger partial charge in [-0.3, -0.25) is 0 Å². The third kappa shape index (κ3) is 2.13. The lowest BCUT2D eigenvalue weighted by Gasteiger charge is -2.26. The number of hydrogen-bond donors (Lipinski definition) is 1. The van der Waals surface area contributed by atoms with E-state index in [0.717, 1.165) is 28.7 Å². The Morgan fingerprint density at radius 3 is 1.94 bits per heavy atom. The minimum Gasteiger partial charge on any atom is -0.206 e. The molecule has 0 amide bonds. The molecule has 0 aliphatic heterocycles. The van der Waals surface area contributed by atoms with Gasteiger partial charge in [0, 0.05) is 10.3 Å². The van der Waals surface area contributed by atoms with E-state index in [1.165, 1.54) is 5.56 Å². The van der Waals surface area contributed by atoms with Crippen molar-refractivity contribution in [1.29, 1.82) is 0 Å². The Morgan fingerprint density at radius 2 is 1.56 bits per heavy atom. The average Bonchev–Trinajstić information content (AvgIpc) is 2.14. The second kappa shape index (κ2) is 4.40. The van der Waals surface area contributed by atoms with Crippen LogP contribution in [0.3, 0.4) is 0 Å². The maximum atomic E-state index is 14.3. The molecule has 1 rings (SSSR count). The van der Waals surface area contributed by atoms with Crippen molar-refractivity contribution in [3.05, 3.63) is 33.6 Å². The second-order valence-electron chi connectivity index (χ2n) is 4.96. The molecule has 0 fully saturated rings. The van der Waals surface area contributed by atoms with Gasteiger partial charge in [-0.15, -0.1) is 0 Å². The molecule has 0 heterocycles. The Kier molecular flexibility index (Phi) is 3.73. The molecule has 0 aromatic heterocycles. The Bertz CT molecular complexity index is 385. The van der Waals surface area contributed by atoms with Crippen LogP contribution >= 0.6 is 12.6 Å². The van der Waals surface area contributed by atoms with Gasteiger partial charge in [-0.05, 0) is 63.3 Å². The van der Waals surface area contributed by atoms with E-state index in [2.05, 4.69) is 26.5 Å². The standard InChI is InChI=1S/C14H21FS/c1-7-11-8(2)9(3)12(14(5,6)16)13(15)10(11)4/h16H,7H2,1-6H3. The molecule has 0 aliphatic carbocycles. The average molecular weight is 240 g/mol. The van der Waals surface area contributed by atoms with E-state index in [9.17, 15) is 4.39 Å². The summed E-state index contributed by atoms with van der Waals surface area (Å²) in [5.41, 5.74) is 4.90. The van der Waals surface area contributed by atoms with Gasteiger partial charge in [-0.2, -0.15) is 12.6 Å². The van der Waals surface area contributed by atoms with Crippen LogP contribution in [0, 0.1) is 26.6 Å². The first kappa shape index (κ1) is 13.6. The van der Waals surface area contributed by atoms with E-state index >= 15 is 0 Å². The Labute approximate surface area is 104 Å². The van der Waals surface area contributed by atoms with Crippen molar-refractivity contribution in [1.82, 2.24) is 0 Å². The molecule has 0 aliphatic rings. The first-order valence-electron chi connectivity index (χ1n) is 5.72. The molecule has 2 heteroatoms. The van der Waals surface area contributed by atoms with Crippen molar-refractivity contribution in [3.8, 4) is 0 Å². The van der Waals surface area contributed by atoms with Crippen molar-refractivity contribution in [2.75, 3.05) is 0 Å². The summed E-state index contributed by atoms with van der Waals surface area (Å²) in [4.78, 5) is 0. The number of thiol groups is 1. The smallest absolute Gasteiger partial charge is 0.131 e. The summed E-state index contributed by atoms with van der Waals surface area (Å²) in [5, 5.41) is 0. The normalized spacial score (nSPS) is 12.0. The van der Waals surface area contributed by atoms with Crippen molar-refractivity contribution in [3.63, 3.8) is 0 Å². The van der Waals surface area contributed by atoms with Gasteiger partial charge in [-0.25, -0.2) is 4.39 Å². The number of rotatable bonds is 2. The molecule has 0 unspecified atom stereocenters. The van der Waals surface area contributed by atoms with Gasteiger partial charge in [0.15, 0.2) is 0 Å². The molecule has 16 heavy (non-hydrogen) atoms. The highest BCUT2D eigenvalue weighted by Gasteiger charge is 2.26. The van der Waals surface area contributed by atoms with E-state index in [0.29, 0.717) is 0 Å². The fraction of sp³-hybridized carbons (Fsp3) is 0.571. The van der Waals surface area contributed by atoms with Crippen molar-refractivity contribution in [2.24, 2.45) is 0 Å². The lowest BCUT2D eigenvalue weighted by atomic mass is 9.86. The molecule has 0 bridgehead atoms. The van der Waals surface area contributed by atoms with Gasteiger partial charge < -0.3 is 0 Å². The monoisotopic (exact) mass is 240 g/mol. The third-order valence-electron chi connectivity index (χ3n) is 3.36. The highest BCUT2D eigenvalue weighted by Crippen LogP contribution is 2.36. The summed E-state index contributed by atoms with van der Waals surface area (Å²) in [6.07, 6.45) is 0.878. The van der Waals surface area contributed by atoms with E-state index in [4.69, 9.17) is 0 Å². The zero-order valence-corrected chi connectivity index (χ0v) is 11.9. The van der Waals surface area contributed by atoms with Crippen LogP contribution in [0.2, 0.25) is 0 Å². The molecule has 0 spiro atoms. The molecule has 1 aromatic rings. The molecular weight excluding hydrogens is 219 g/mol. The van der Waals surface area contributed by atoms with Crippen LogP contribution < -0.4 is 0 Å². The number of halogens is 1. The van der Waals surface area contributed by atoms with Crippen molar-refractivity contribution in [2.45, 2.75) is 52.7 Å². The fourth-order valence-corrected chi connectivity index (χ4v) is 2.70. The summed E-state index contributed by atoms with van der Waals surface area (Å²) in [6.45, 7) is 11.9. The largest absolute Gasteiger partial charge is 0.206 e. The minimum absolute atomic E-state index is 0.0834. The highest BCUT2D eigenvalue weighted by molar-refractivity contribution is 7.81. The lowest BCUT2D eigenvalue weighted by Crippen LogP contribution is -2.16. The van der Waals surface area contributed by atoms with Crippen LogP contribution in [0.4, 0.5) is 4.39 Å². The van der Waals surface area contributed by atoms with Crippen LogP contribution in [0.1, 0.15) is 48.6 Å². The van der Waals surface area contributed by atoms with E-state index < -0.39 is 4.75 Å². The Hall–Kier alpha value is -0.500. The molecule has 0 radical (unpaired) electrons. The van der Waals surface area contributed by atoms with Gasteiger partial charge in [0.2, 0.25) is 0 Å².